The Kier molecular flexibility index (Phi) is 5.18. The Morgan fingerprint density at radius 1 is 1.40 bits per heavy atom. The molecule has 1 atom stereocenters. The monoisotopic (exact) mass is 336 g/mol. The van der Waals surface area contributed by atoms with Gasteiger partial charge >= 0.3 is 0 Å². The van der Waals surface area contributed by atoms with Crippen molar-refractivity contribution in [3.05, 3.63) is 28.2 Å². The fraction of sp³-hybridized carbons (Fsp3) is 0.538. The first-order chi connectivity index (χ1) is 9.36. The number of anilines is 1. The topological polar surface area (TPSA) is 49.4 Å². The van der Waals surface area contributed by atoms with Crippen LogP contribution in [-0.2, 0) is 10.0 Å². The number of rotatable bonds is 4. The first-order valence-electron chi connectivity index (χ1n) is 6.50. The van der Waals surface area contributed by atoms with Gasteiger partial charge in [-0.05, 0) is 37.0 Å². The average molecular weight is 337 g/mol. The van der Waals surface area contributed by atoms with Crippen molar-refractivity contribution in [3.8, 4) is 0 Å². The zero-order chi connectivity index (χ0) is 14.8. The smallest absolute Gasteiger partial charge is 0.211 e. The van der Waals surface area contributed by atoms with Crippen molar-refractivity contribution >= 4 is 38.9 Å². The average Bonchev–Trinajstić information content (AvgIpc) is 2.39. The quantitative estimate of drug-likeness (QED) is 0.919. The summed E-state index contributed by atoms with van der Waals surface area (Å²) >= 11 is 12.0. The SMILES string of the molecule is CS(=O)(=O)N1CCCC(CNc2cc(Cl)ccc2Cl)C1. The van der Waals surface area contributed by atoms with Crippen LogP contribution in [0.25, 0.3) is 0 Å². The third-order valence-corrected chi connectivity index (χ3v) is 5.29. The van der Waals surface area contributed by atoms with E-state index in [2.05, 4.69) is 5.32 Å². The molecular formula is C13H18Cl2N2O2S. The maximum Gasteiger partial charge on any atom is 0.211 e. The lowest BCUT2D eigenvalue weighted by Gasteiger charge is -2.31. The molecule has 0 aromatic heterocycles. The van der Waals surface area contributed by atoms with E-state index >= 15 is 0 Å². The summed E-state index contributed by atoms with van der Waals surface area (Å²) in [6.07, 6.45) is 3.16. The molecular weight excluding hydrogens is 319 g/mol. The van der Waals surface area contributed by atoms with Crippen LogP contribution in [0.15, 0.2) is 18.2 Å². The highest BCUT2D eigenvalue weighted by Crippen LogP contribution is 2.26. The second-order valence-electron chi connectivity index (χ2n) is 5.13. The molecule has 0 saturated carbocycles. The number of halogens is 2. The maximum absolute atomic E-state index is 11.6. The van der Waals surface area contributed by atoms with Crippen molar-refractivity contribution in [2.24, 2.45) is 5.92 Å². The molecule has 112 valence electrons. The molecule has 0 aliphatic carbocycles. The van der Waals surface area contributed by atoms with Crippen molar-refractivity contribution < 1.29 is 8.42 Å². The van der Waals surface area contributed by atoms with Crippen LogP contribution in [-0.4, -0.2) is 38.6 Å². The van der Waals surface area contributed by atoms with Gasteiger partial charge in [0.05, 0.1) is 17.0 Å². The van der Waals surface area contributed by atoms with Gasteiger partial charge in [-0.2, -0.15) is 0 Å². The molecule has 1 aliphatic rings. The van der Waals surface area contributed by atoms with Crippen LogP contribution in [0.2, 0.25) is 10.0 Å². The van der Waals surface area contributed by atoms with Crippen LogP contribution >= 0.6 is 23.2 Å². The number of nitrogens with one attached hydrogen (secondary N) is 1. The van der Waals surface area contributed by atoms with Gasteiger partial charge in [0, 0.05) is 24.7 Å². The van der Waals surface area contributed by atoms with E-state index in [-0.39, 0.29) is 5.92 Å². The van der Waals surface area contributed by atoms with E-state index in [0.717, 1.165) is 18.5 Å². The van der Waals surface area contributed by atoms with Crippen molar-refractivity contribution in [1.82, 2.24) is 4.31 Å². The van der Waals surface area contributed by atoms with E-state index in [1.807, 2.05) is 0 Å². The summed E-state index contributed by atoms with van der Waals surface area (Å²) in [5.41, 5.74) is 0.788. The van der Waals surface area contributed by atoms with E-state index in [4.69, 9.17) is 23.2 Å². The molecule has 1 fully saturated rings. The molecule has 1 N–H and O–H groups in total. The van der Waals surface area contributed by atoms with Gasteiger partial charge in [-0.3, -0.25) is 0 Å². The van der Waals surface area contributed by atoms with Crippen LogP contribution in [0, 0.1) is 5.92 Å². The Morgan fingerprint density at radius 2 is 2.15 bits per heavy atom. The third-order valence-electron chi connectivity index (χ3n) is 3.46. The predicted molar refractivity (Wildman–Crippen MR) is 84.1 cm³/mol. The molecule has 0 spiro atoms. The molecule has 0 radical (unpaired) electrons. The largest absolute Gasteiger partial charge is 0.383 e. The van der Waals surface area contributed by atoms with Crippen LogP contribution < -0.4 is 5.32 Å². The summed E-state index contributed by atoms with van der Waals surface area (Å²) in [6.45, 7) is 1.86. The van der Waals surface area contributed by atoms with E-state index in [9.17, 15) is 8.42 Å². The molecule has 0 amide bonds. The molecule has 0 bridgehead atoms. The number of sulfonamides is 1. The van der Waals surface area contributed by atoms with Crippen LogP contribution in [0.5, 0.6) is 0 Å². The molecule has 20 heavy (non-hydrogen) atoms. The Labute approximate surface area is 130 Å². The van der Waals surface area contributed by atoms with Crippen LogP contribution in [0.1, 0.15) is 12.8 Å². The van der Waals surface area contributed by atoms with Gasteiger partial charge in [0.15, 0.2) is 0 Å². The van der Waals surface area contributed by atoms with E-state index in [0.29, 0.717) is 29.7 Å². The molecule has 2 rings (SSSR count). The fourth-order valence-corrected chi connectivity index (χ4v) is 3.68. The lowest BCUT2D eigenvalue weighted by Crippen LogP contribution is -2.41. The molecule has 1 aromatic rings. The van der Waals surface area contributed by atoms with Crippen molar-refractivity contribution in [2.45, 2.75) is 12.8 Å². The lowest BCUT2D eigenvalue weighted by molar-refractivity contribution is 0.277. The number of piperidine rings is 1. The van der Waals surface area contributed by atoms with Crippen molar-refractivity contribution in [2.75, 3.05) is 31.2 Å². The number of hydrogen-bond acceptors (Lipinski definition) is 3. The Bertz CT molecular complexity index is 578. The van der Waals surface area contributed by atoms with Gasteiger partial charge in [0.25, 0.3) is 0 Å². The van der Waals surface area contributed by atoms with Crippen molar-refractivity contribution in [1.29, 1.82) is 0 Å². The third kappa shape index (κ3) is 4.25. The molecule has 1 aromatic carbocycles. The summed E-state index contributed by atoms with van der Waals surface area (Å²) in [5.74, 6) is 0.286. The Balaban J connectivity index is 1.95. The highest BCUT2D eigenvalue weighted by Gasteiger charge is 2.25. The van der Waals surface area contributed by atoms with E-state index < -0.39 is 10.0 Å². The second kappa shape index (κ2) is 6.52. The minimum absolute atomic E-state index is 0.286. The number of nitrogens with zero attached hydrogens (tertiary/aromatic N) is 1. The first kappa shape index (κ1) is 15.9. The standard InChI is InChI=1S/C13H18Cl2N2O2S/c1-20(18,19)17-6-2-3-10(9-17)8-16-13-7-11(14)4-5-12(13)15/h4-5,7,10,16H,2-3,6,8-9H2,1H3. The number of hydrogen-bond donors (Lipinski definition) is 1. The number of benzene rings is 1. The fourth-order valence-electron chi connectivity index (χ4n) is 2.38. The van der Waals surface area contributed by atoms with E-state index in [1.165, 1.54) is 6.26 Å². The predicted octanol–water partition coefficient (Wildman–Crippen LogP) is 3.08. The van der Waals surface area contributed by atoms with E-state index in [1.54, 1.807) is 22.5 Å². The molecule has 4 nitrogen and oxygen atoms in total. The molecule has 1 heterocycles. The minimum atomic E-state index is -3.10. The first-order valence-corrected chi connectivity index (χ1v) is 9.11. The zero-order valence-corrected chi connectivity index (χ0v) is 13.6. The van der Waals surface area contributed by atoms with Gasteiger partial charge < -0.3 is 5.32 Å². The van der Waals surface area contributed by atoms with Crippen LogP contribution in [0.3, 0.4) is 0 Å². The second-order valence-corrected chi connectivity index (χ2v) is 7.96. The van der Waals surface area contributed by atoms with Crippen molar-refractivity contribution in [3.63, 3.8) is 0 Å². The summed E-state index contributed by atoms with van der Waals surface area (Å²) in [6, 6.07) is 5.26. The normalized spacial score (nSPS) is 20.9. The maximum atomic E-state index is 11.6. The minimum Gasteiger partial charge on any atom is -0.383 e. The van der Waals surface area contributed by atoms with Crippen LogP contribution in [0.4, 0.5) is 5.69 Å². The summed E-state index contributed by atoms with van der Waals surface area (Å²) in [4.78, 5) is 0. The Hall–Kier alpha value is -0.490. The highest BCUT2D eigenvalue weighted by atomic mass is 35.5. The lowest BCUT2D eigenvalue weighted by atomic mass is 9.99. The zero-order valence-electron chi connectivity index (χ0n) is 11.3. The molecule has 1 saturated heterocycles. The van der Waals surface area contributed by atoms with Gasteiger partial charge in [-0.1, -0.05) is 23.2 Å². The molecule has 7 heteroatoms. The summed E-state index contributed by atoms with van der Waals surface area (Å²) < 4.78 is 24.7. The Morgan fingerprint density at radius 3 is 2.85 bits per heavy atom. The highest BCUT2D eigenvalue weighted by molar-refractivity contribution is 7.88. The van der Waals surface area contributed by atoms with Gasteiger partial charge in [-0.25, -0.2) is 12.7 Å². The summed E-state index contributed by atoms with van der Waals surface area (Å²) in [7, 11) is -3.10. The molecule has 1 unspecified atom stereocenters. The van der Waals surface area contributed by atoms with Gasteiger partial charge in [-0.15, -0.1) is 0 Å². The van der Waals surface area contributed by atoms with Gasteiger partial charge in [0.2, 0.25) is 10.0 Å². The van der Waals surface area contributed by atoms with Gasteiger partial charge in [0.1, 0.15) is 0 Å². The summed E-state index contributed by atoms with van der Waals surface area (Å²) in [5, 5.41) is 4.50. The molecule has 1 aliphatic heterocycles.